The molecule has 10 nitrogen and oxygen atoms in total. The zero-order chi connectivity index (χ0) is 23.3. The Kier molecular flexibility index (Phi) is 6.77. The largest absolute Gasteiger partial charge is 0.493 e. The van der Waals surface area contributed by atoms with E-state index in [1.807, 2.05) is 48.5 Å². The van der Waals surface area contributed by atoms with Crippen LogP contribution in [0.1, 0.15) is 12.8 Å². The normalized spacial score (nSPS) is 14.8. The van der Waals surface area contributed by atoms with Gasteiger partial charge in [0.1, 0.15) is 11.5 Å². The fourth-order valence-corrected chi connectivity index (χ4v) is 5.26. The lowest BCUT2D eigenvalue weighted by Crippen LogP contribution is -2.13. The predicted octanol–water partition coefficient (Wildman–Crippen LogP) is 3.07. The van der Waals surface area contributed by atoms with Crippen LogP contribution in [0.25, 0.3) is 22.8 Å². The minimum absolute atomic E-state index is 0.466. The smallest absolute Gasteiger partial charge is 0.210 e. The van der Waals surface area contributed by atoms with Gasteiger partial charge >= 0.3 is 0 Å². The number of hydrogen-bond donors (Lipinski definition) is 2. The molecule has 0 saturated heterocycles. The van der Waals surface area contributed by atoms with Crippen LogP contribution in [0.2, 0.25) is 0 Å². The number of nitrogens with two attached hydrogens (primary N) is 2. The van der Waals surface area contributed by atoms with Gasteiger partial charge in [-0.1, -0.05) is 47.8 Å². The molecule has 176 valence electrons. The second kappa shape index (κ2) is 10.3. The maximum Gasteiger partial charge on any atom is 0.210 e. The summed E-state index contributed by atoms with van der Waals surface area (Å²) in [5.41, 5.74) is 1.60. The van der Waals surface area contributed by atoms with Gasteiger partial charge in [-0.3, -0.25) is 0 Å². The number of hydrogen-bond acceptors (Lipinski definition) is 10. The third kappa shape index (κ3) is 4.64. The molecule has 2 aromatic heterocycles. The van der Waals surface area contributed by atoms with Crippen molar-refractivity contribution in [3.05, 3.63) is 48.5 Å². The van der Waals surface area contributed by atoms with E-state index >= 15 is 0 Å². The first-order valence-electron chi connectivity index (χ1n) is 10.8. The van der Waals surface area contributed by atoms with Gasteiger partial charge < -0.3 is 21.2 Å². The van der Waals surface area contributed by atoms with Crippen molar-refractivity contribution in [1.29, 1.82) is 0 Å². The Labute approximate surface area is 205 Å². The van der Waals surface area contributed by atoms with Gasteiger partial charge in [0.05, 0.1) is 24.3 Å². The molecule has 34 heavy (non-hydrogen) atoms. The second-order valence-corrected chi connectivity index (χ2v) is 9.57. The van der Waals surface area contributed by atoms with Crippen molar-refractivity contribution in [2.45, 2.75) is 23.2 Å². The summed E-state index contributed by atoms with van der Waals surface area (Å²) in [6.07, 6.45) is 1.58. The monoisotopic (exact) mass is 496 g/mol. The highest BCUT2D eigenvalue weighted by Gasteiger charge is 2.18. The fourth-order valence-electron chi connectivity index (χ4n) is 3.48. The predicted molar refractivity (Wildman–Crippen MR) is 133 cm³/mol. The van der Waals surface area contributed by atoms with Crippen LogP contribution in [0.5, 0.6) is 11.5 Å². The van der Waals surface area contributed by atoms with Crippen LogP contribution in [-0.4, -0.2) is 54.5 Å². The molecule has 1 aliphatic rings. The van der Waals surface area contributed by atoms with Crippen molar-refractivity contribution in [3.8, 4) is 34.3 Å². The fraction of sp³-hybridized carbons (Fsp3) is 0.273. The Morgan fingerprint density at radius 3 is 1.62 bits per heavy atom. The molecule has 0 radical (unpaired) electrons. The van der Waals surface area contributed by atoms with Crippen LogP contribution in [0.15, 0.2) is 58.8 Å². The van der Waals surface area contributed by atoms with Crippen LogP contribution in [0, 0.1) is 0 Å². The lowest BCUT2D eigenvalue weighted by Gasteiger charge is -2.13. The summed E-state index contributed by atoms with van der Waals surface area (Å²) < 4.78 is 15.1. The standard InChI is InChI=1S/C22H24N8O2S2/c23-29-19-15-7-1-3-9-17(15)31-11-5-12-32-18-10-4-2-8-16(18)20-26-28-22(30(20)24)34-14-6-13-33-21(29)27-25-19/h1-4,7-10H,5-6,11-14,23-24H2. The second-order valence-electron chi connectivity index (χ2n) is 7.45. The third-order valence-electron chi connectivity index (χ3n) is 5.14. The van der Waals surface area contributed by atoms with Crippen molar-refractivity contribution < 1.29 is 9.47 Å². The molecule has 12 heteroatoms. The summed E-state index contributed by atoms with van der Waals surface area (Å²) in [6, 6.07) is 15.4. The van der Waals surface area contributed by atoms with Crippen molar-refractivity contribution in [1.82, 2.24) is 29.7 Å². The zero-order valence-corrected chi connectivity index (χ0v) is 20.0. The van der Waals surface area contributed by atoms with Crippen LogP contribution < -0.4 is 21.2 Å². The highest BCUT2D eigenvalue weighted by Crippen LogP contribution is 2.32. The van der Waals surface area contributed by atoms with Crippen molar-refractivity contribution in [3.63, 3.8) is 0 Å². The number of para-hydroxylation sites is 2. The molecule has 4 bridgehead atoms. The van der Waals surface area contributed by atoms with Crippen LogP contribution in [0.4, 0.5) is 0 Å². The summed E-state index contributed by atoms with van der Waals surface area (Å²) in [7, 11) is 0. The Hall–Kier alpha value is -3.38. The zero-order valence-electron chi connectivity index (χ0n) is 18.3. The van der Waals surface area contributed by atoms with Gasteiger partial charge in [-0.2, -0.15) is 0 Å². The minimum Gasteiger partial charge on any atom is -0.493 e. The third-order valence-corrected chi connectivity index (χ3v) is 7.20. The SMILES string of the molecule is Nn1c2nnc1-c1ccccc1OCCCOc1ccccc1-c1nnc(n1N)SCCCS2. The van der Waals surface area contributed by atoms with Gasteiger partial charge in [0.2, 0.25) is 10.3 Å². The molecule has 4 aromatic rings. The number of rotatable bonds is 0. The van der Waals surface area contributed by atoms with E-state index in [4.69, 9.17) is 21.2 Å². The van der Waals surface area contributed by atoms with Gasteiger partial charge in [-0.25, -0.2) is 9.35 Å². The number of thioether (sulfide) groups is 2. The van der Waals surface area contributed by atoms with Crippen LogP contribution in [0.3, 0.4) is 0 Å². The highest BCUT2D eigenvalue weighted by molar-refractivity contribution is 8.00. The molecule has 1 aliphatic heterocycles. The Morgan fingerprint density at radius 2 is 1.12 bits per heavy atom. The number of fused-ring (bicyclic) bond motifs is 8. The quantitative estimate of drug-likeness (QED) is 0.350. The summed E-state index contributed by atoms with van der Waals surface area (Å²) in [5.74, 6) is 16.8. The van der Waals surface area contributed by atoms with E-state index in [0.717, 1.165) is 29.1 Å². The van der Waals surface area contributed by atoms with Crippen LogP contribution >= 0.6 is 23.5 Å². The molecule has 0 fully saturated rings. The summed E-state index contributed by atoms with van der Waals surface area (Å²) in [5, 5.41) is 18.5. The summed E-state index contributed by atoms with van der Waals surface area (Å²) in [4.78, 5) is 0. The Morgan fingerprint density at radius 1 is 0.647 bits per heavy atom. The van der Waals surface area contributed by atoms with E-state index in [1.165, 1.54) is 9.35 Å². The molecule has 0 spiro atoms. The topological polar surface area (TPSA) is 132 Å². The van der Waals surface area contributed by atoms with Gasteiger partial charge in [-0.05, 0) is 30.7 Å². The average Bonchev–Trinajstić information content (AvgIpc) is 3.41. The van der Waals surface area contributed by atoms with Gasteiger partial charge in [0.15, 0.2) is 11.6 Å². The van der Waals surface area contributed by atoms with Gasteiger partial charge in [0.25, 0.3) is 0 Å². The van der Waals surface area contributed by atoms with E-state index in [9.17, 15) is 0 Å². The van der Waals surface area contributed by atoms with E-state index < -0.39 is 0 Å². The van der Waals surface area contributed by atoms with E-state index in [1.54, 1.807) is 23.5 Å². The van der Waals surface area contributed by atoms with Gasteiger partial charge in [-0.15, -0.1) is 20.4 Å². The molecule has 2 aromatic carbocycles. The number of nitrogens with zero attached hydrogens (tertiary/aromatic N) is 6. The first-order chi connectivity index (χ1) is 16.7. The Bertz CT molecular complexity index is 1180. The highest BCUT2D eigenvalue weighted by atomic mass is 32.2. The molecule has 5 rings (SSSR count). The van der Waals surface area contributed by atoms with Crippen molar-refractivity contribution >= 4 is 23.5 Å². The number of aromatic nitrogens is 6. The number of nitrogen functional groups attached to an aromatic ring is 2. The number of ether oxygens (including phenoxy) is 2. The van der Waals surface area contributed by atoms with Crippen LogP contribution in [-0.2, 0) is 0 Å². The van der Waals surface area contributed by atoms with Crippen molar-refractivity contribution in [2.24, 2.45) is 0 Å². The van der Waals surface area contributed by atoms with E-state index in [-0.39, 0.29) is 0 Å². The first-order valence-corrected chi connectivity index (χ1v) is 12.8. The minimum atomic E-state index is 0.466. The molecule has 0 saturated carbocycles. The average molecular weight is 497 g/mol. The molecule has 4 N–H and O–H groups in total. The molecular formula is C22H24N8O2S2. The van der Waals surface area contributed by atoms with E-state index in [0.29, 0.717) is 53.1 Å². The first kappa shape index (κ1) is 22.4. The van der Waals surface area contributed by atoms with Crippen molar-refractivity contribution in [2.75, 3.05) is 36.4 Å². The van der Waals surface area contributed by atoms with Gasteiger partial charge in [0, 0.05) is 17.9 Å². The Balaban J connectivity index is 1.41. The maximum absolute atomic E-state index is 6.31. The lowest BCUT2D eigenvalue weighted by atomic mass is 10.2. The maximum atomic E-state index is 6.31. The molecular weight excluding hydrogens is 472 g/mol. The molecule has 0 unspecified atom stereocenters. The molecule has 0 amide bonds. The summed E-state index contributed by atoms with van der Waals surface area (Å²) >= 11 is 3.12. The molecule has 0 aliphatic carbocycles. The molecule has 0 atom stereocenters. The molecule has 3 heterocycles. The van der Waals surface area contributed by atoms with E-state index in [2.05, 4.69) is 20.4 Å². The lowest BCUT2D eigenvalue weighted by molar-refractivity contribution is 0.248. The number of benzene rings is 2. The summed E-state index contributed by atoms with van der Waals surface area (Å²) in [6.45, 7) is 0.931.